The first-order valence-electron chi connectivity index (χ1n) is 6.93. The second kappa shape index (κ2) is 7.80. The van der Waals surface area contributed by atoms with E-state index >= 15 is 0 Å². The average molecular weight is 331 g/mol. The fraction of sp³-hybridized carbons (Fsp3) is 0.176. The highest BCUT2D eigenvalue weighted by Crippen LogP contribution is 2.17. The van der Waals surface area contributed by atoms with Crippen molar-refractivity contribution >= 4 is 23.0 Å². The van der Waals surface area contributed by atoms with Crippen LogP contribution < -0.4 is 0 Å². The molecule has 0 fully saturated rings. The monoisotopic (exact) mass is 331 g/mol. The summed E-state index contributed by atoms with van der Waals surface area (Å²) < 4.78 is 26.1. The topological polar surface area (TPSA) is 83.5 Å². The fourth-order valence-corrected chi connectivity index (χ4v) is 2.45. The molecule has 2 unspecified atom stereocenters. The van der Waals surface area contributed by atoms with Crippen LogP contribution in [0.4, 0.5) is 0 Å². The second-order valence-corrected chi connectivity index (χ2v) is 5.88. The Morgan fingerprint density at radius 3 is 2.26 bits per heavy atom. The molecule has 6 heteroatoms. The second-order valence-electron chi connectivity index (χ2n) is 4.99. The Bertz CT molecular complexity index is 710. The molecule has 0 N–H and O–H groups in total. The molecule has 0 aliphatic heterocycles. The molecule has 0 radical (unpaired) electrons. The number of carbonyl (C=O) groups is 2. The van der Waals surface area contributed by atoms with Gasteiger partial charge in [0.2, 0.25) is 0 Å². The quantitative estimate of drug-likeness (QED) is 0.477. The highest BCUT2D eigenvalue weighted by molar-refractivity contribution is 7.78. The molecule has 23 heavy (non-hydrogen) atoms. The maximum atomic E-state index is 12.0. The van der Waals surface area contributed by atoms with Gasteiger partial charge in [-0.25, -0.2) is 4.79 Å². The predicted octanol–water partition coefficient (Wildman–Crippen LogP) is 2.55. The van der Waals surface area contributed by atoms with E-state index in [-0.39, 0.29) is 11.3 Å². The van der Waals surface area contributed by atoms with Gasteiger partial charge in [-0.15, -0.1) is 0 Å². The van der Waals surface area contributed by atoms with E-state index in [2.05, 4.69) is 0 Å². The summed E-state index contributed by atoms with van der Waals surface area (Å²) in [7, 11) is 0. The van der Waals surface area contributed by atoms with Crippen LogP contribution in [0.5, 0.6) is 0 Å². The fourth-order valence-electron chi connectivity index (χ4n) is 1.99. The van der Waals surface area contributed by atoms with Gasteiger partial charge >= 0.3 is 11.9 Å². The highest BCUT2D eigenvalue weighted by Gasteiger charge is 2.20. The van der Waals surface area contributed by atoms with Gasteiger partial charge < -0.3 is 9.29 Å². The number of esters is 2. The van der Waals surface area contributed by atoms with Crippen LogP contribution in [0.3, 0.4) is 0 Å². The van der Waals surface area contributed by atoms with Crippen LogP contribution >= 0.6 is 0 Å². The third-order valence-corrected chi connectivity index (χ3v) is 3.89. The lowest BCUT2D eigenvalue weighted by atomic mass is 10.0. The number of hydrogen-bond acceptors (Lipinski definition) is 5. The van der Waals surface area contributed by atoms with Gasteiger partial charge in [0.05, 0.1) is 11.5 Å². The summed E-state index contributed by atoms with van der Waals surface area (Å²) in [6, 6.07) is 14.9. The maximum Gasteiger partial charge on any atom is 0.345 e. The normalized spacial score (nSPS) is 13.1. The molecule has 2 atom stereocenters. The summed E-state index contributed by atoms with van der Waals surface area (Å²) in [5.74, 6) is -2.07. The lowest BCUT2D eigenvalue weighted by molar-refractivity contribution is -0.139. The Labute approximate surface area is 136 Å². The van der Waals surface area contributed by atoms with Gasteiger partial charge in [-0.1, -0.05) is 53.5 Å². The number of benzene rings is 2. The summed E-state index contributed by atoms with van der Waals surface area (Å²) in [6.07, 6.45) is 0. The third kappa shape index (κ3) is 4.84. The van der Waals surface area contributed by atoms with Crippen molar-refractivity contribution in [3.05, 3.63) is 71.3 Å². The molecule has 0 saturated heterocycles. The van der Waals surface area contributed by atoms with Crippen molar-refractivity contribution in [3.8, 4) is 0 Å². The minimum Gasteiger partial charge on any atom is -0.772 e. The van der Waals surface area contributed by atoms with E-state index in [1.807, 2.05) is 6.07 Å². The van der Waals surface area contributed by atoms with Crippen molar-refractivity contribution in [2.24, 2.45) is 0 Å². The highest BCUT2D eigenvalue weighted by atomic mass is 32.2. The number of carbonyl (C=O) groups excluding carboxylic acids is 2. The van der Waals surface area contributed by atoms with Crippen LogP contribution in [-0.4, -0.2) is 20.7 Å². The lowest BCUT2D eigenvalue weighted by Crippen LogP contribution is -2.18. The van der Waals surface area contributed by atoms with Gasteiger partial charge in [0.15, 0.2) is 0 Å². The average Bonchev–Trinajstić information content (AvgIpc) is 2.55. The van der Waals surface area contributed by atoms with E-state index in [0.717, 1.165) is 5.56 Å². The van der Waals surface area contributed by atoms with Gasteiger partial charge in [-0.3, -0.25) is 9.00 Å². The lowest BCUT2D eigenvalue weighted by Gasteiger charge is -2.11. The summed E-state index contributed by atoms with van der Waals surface area (Å²) in [6.45, 7) is 1.66. The van der Waals surface area contributed by atoms with Gasteiger partial charge in [0.25, 0.3) is 0 Å². The van der Waals surface area contributed by atoms with Crippen LogP contribution in [0.25, 0.3) is 0 Å². The van der Waals surface area contributed by atoms with E-state index in [1.165, 1.54) is 24.3 Å². The zero-order valence-electron chi connectivity index (χ0n) is 12.4. The first kappa shape index (κ1) is 17.1. The number of ether oxygens (including phenoxy) is 1. The van der Waals surface area contributed by atoms with Crippen LogP contribution in [0.2, 0.25) is 0 Å². The summed E-state index contributed by atoms with van der Waals surface area (Å²) in [5.41, 5.74) is 1.51. The van der Waals surface area contributed by atoms with Gasteiger partial charge in [-0.2, -0.15) is 0 Å². The largest absolute Gasteiger partial charge is 0.772 e. The predicted molar refractivity (Wildman–Crippen MR) is 84.3 cm³/mol. The zero-order chi connectivity index (χ0) is 16.8. The van der Waals surface area contributed by atoms with E-state index in [4.69, 9.17) is 4.74 Å². The molecule has 0 spiro atoms. The molecule has 0 aliphatic rings. The molecule has 0 heterocycles. The SMILES string of the molecule is CC(C(=O)OC(=O)c1ccc(CS(=O)[O-])cc1)c1ccccc1. The Balaban J connectivity index is 2.01. The number of hydrogen-bond donors (Lipinski definition) is 0. The molecule has 2 aromatic carbocycles. The summed E-state index contributed by atoms with van der Waals surface area (Å²) in [4.78, 5) is 24.0. The first-order valence-corrected chi connectivity index (χ1v) is 8.17. The van der Waals surface area contributed by atoms with Gasteiger partial charge in [-0.05, 0) is 30.2 Å². The Hall–Kier alpha value is -2.31. The van der Waals surface area contributed by atoms with Crippen LogP contribution in [-0.2, 0) is 26.4 Å². The number of rotatable bonds is 5. The van der Waals surface area contributed by atoms with E-state index in [0.29, 0.717) is 5.56 Å². The third-order valence-electron chi connectivity index (χ3n) is 3.32. The van der Waals surface area contributed by atoms with Crippen molar-refractivity contribution in [2.45, 2.75) is 18.6 Å². The molecule has 5 nitrogen and oxygen atoms in total. The molecular weight excluding hydrogens is 316 g/mol. The molecule has 120 valence electrons. The molecule has 2 rings (SSSR count). The molecule has 0 bridgehead atoms. The Kier molecular flexibility index (Phi) is 5.78. The molecular formula is C17H15O5S-. The summed E-state index contributed by atoms with van der Waals surface area (Å²) >= 11 is -2.19. The maximum absolute atomic E-state index is 12.0. The van der Waals surface area contributed by atoms with Crippen LogP contribution in [0, 0.1) is 0 Å². The van der Waals surface area contributed by atoms with E-state index in [1.54, 1.807) is 31.2 Å². The molecule has 0 aliphatic carbocycles. The molecule has 2 aromatic rings. The van der Waals surface area contributed by atoms with Gasteiger partial charge in [0.1, 0.15) is 0 Å². The zero-order valence-corrected chi connectivity index (χ0v) is 13.2. The van der Waals surface area contributed by atoms with Crippen molar-refractivity contribution in [1.82, 2.24) is 0 Å². The van der Waals surface area contributed by atoms with E-state index in [9.17, 15) is 18.4 Å². The van der Waals surface area contributed by atoms with Crippen LogP contribution in [0.1, 0.15) is 34.3 Å². The minimum atomic E-state index is -2.19. The molecule has 0 amide bonds. The first-order chi connectivity index (χ1) is 11.0. The smallest absolute Gasteiger partial charge is 0.345 e. The van der Waals surface area contributed by atoms with Crippen molar-refractivity contribution < 1.29 is 23.1 Å². The Morgan fingerprint density at radius 1 is 1.09 bits per heavy atom. The van der Waals surface area contributed by atoms with Gasteiger partial charge in [0, 0.05) is 5.75 Å². The van der Waals surface area contributed by atoms with Crippen LogP contribution in [0.15, 0.2) is 54.6 Å². The van der Waals surface area contributed by atoms with Crippen molar-refractivity contribution in [2.75, 3.05) is 0 Å². The molecule has 0 saturated carbocycles. The summed E-state index contributed by atoms with van der Waals surface area (Å²) in [5, 5.41) is 0. The molecule has 0 aromatic heterocycles. The minimum absolute atomic E-state index is 0.126. The van der Waals surface area contributed by atoms with Crippen molar-refractivity contribution in [1.29, 1.82) is 0 Å². The Morgan fingerprint density at radius 2 is 1.70 bits per heavy atom. The standard InChI is InChI=1S/C17H16O5S/c1-12(14-5-3-2-4-6-14)16(18)22-17(19)15-9-7-13(8-10-15)11-23(20)21/h2-10,12H,11H2,1H3,(H,20,21)/p-1. The van der Waals surface area contributed by atoms with E-state index < -0.39 is 28.9 Å². The van der Waals surface area contributed by atoms with Crippen molar-refractivity contribution in [3.63, 3.8) is 0 Å².